The van der Waals surface area contributed by atoms with Crippen LogP contribution >= 0.6 is 0 Å². The van der Waals surface area contributed by atoms with Gasteiger partial charge in [0.05, 0.1) is 20.8 Å². The van der Waals surface area contributed by atoms with Gasteiger partial charge in [0.15, 0.2) is 28.8 Å². The average molecular weight is 508 g/mol. The van der Waals surface area contributed by atoms with E-state index in [4.69, 9.17) is 23.4 Å². The summed E-state index contributed by atoms with van der Waals surface area (Å²) in [5.74, 6) is -2.84. The van der Waals surface area contributed by atoms with Crippen molar-refractivity contribution >= 4 is 11.0 Å². The minimum Gasteiger partial charge on any atom is -0.504 e. The predicted molar refractivity (Wildman–Crippen MR) is 120 cm³/mol. The van der Waals surface area contributed by atoms with E-state index >= 15 is 0 Å². The minimum atomic E-state index is -1.80. The van der Waals surface area contributed by atoms with E-state index in [1.165, 1.54) is 32.4 Å². The van der Waals surface area contributed by atoms with Gasteiger partial charge in [-0.25, -0.2) is 0 Å². The maximum atomic E-state index is 13.1. The highest BCUT2D eigenvalue weighted by atomic mass is 16.7. The number of ether oxygens (including phenoxy) is 4. The summed E-state index contributed by atoms with van der Waals surface area (Å²) in [5.41, 5.74) is -0.838. The first-order chi connectivity index (χ1) is 17.1. The SMILES string of the molecule is COc1cc(-c2oc3cc(OC4OC(CO)C(O)C(O)C4O)c(O)c(O)c3c(=O)c2OC)ccc1O. The number of benzene rings is 2. The third-order valence-electron chi connectivity index (χ3n) is 5.79. The molecule has 0 radical (unpaired) electrons. The van der Waals surface area contributed by atoms with Crippen LogP contribution in [0.3, 0.4) is 0 Å². The highest BCUT2D eigenvalue weighted by molar-refractivity contribution is 5.91. The zero-order valence-electron chi connectivity index (χ0n) is 19.0. The fourth-order valence-corrected chi connectivity index (χ4v) is 3.86. The molecule has 5 atom stereocenters. The second kappa shape index (κ2) is 9.72. The largest absolute Gasteiger partial charge is 0.504 e. The number of aromatic hydroxyl groups is 3. The number of phenols is 3. The summed E-state index contributed by atoms with van der Waals surface area (Å²) in [5, 5.41) is 70.0. The molecule has 0 saturated carbocycles. The molecular weight excluding hydrogens is 484 g/mol. The summed E-state index contributed by atoms with van der Waals surface area (Å²) in [7, 11) is 2.53. The zero-order valence-corrected chi connectivity index (χ0v) is 19.0. The Morgan fingerprint density at radius 3 is 2.28 bits per heavy atom. The number of aliphatic hydroxyl groups is 4. The van der Waals surface area contributed by atoms with E-state index in [-0.39, 0.29) is 34.2 Å². The molecule has 0 bridgehead atoms. The second-order valence-electron chi connectivity index (χ2n) is 7.94. The molecule has 7 N–H and O–H groups in total. The molecule has 3 aromatic rings. The van der Waals surface area contributed by atoms with Gasteiger partial charge < -0.3 is 59.1 Å². The first-order valence-corrected chi connectivity index (χ1v) is 10.6. The maximum absolute atomic E-state index is 13.1. The van der Waals surface area contributed by atoms with Crippen LogP contribution in [0.2, 0.25) is 0 Å². The Bertz CT molecular complexity index is 1330. The molecule has 1 fully saturated rings. The minimum absolute atomic E-state index is 0.0810. The smallest absolute Gasteiger partial charge is 0.239 e. The van der Waals surface area contributed by atoms with Crippen molar-refractivity contribution in [2.45, 2.75) is 30.7 Å². The first kappa shape index (κ1) is 25.3. The molecule has 194 valence electrons. The number of phenolic OH excluding ortho intramolecular Hbond substituents is 3. The van der Waals surface area contributed by atoms with E-state index in [0.29, 0.717) is 0 Å². The zero-order chi connectivity index (χ0) is 26.3. The Morgan fingerprint density at radius 1 is 0.917 bits per heavy atom. The van der Waals surface area contributed by atoms with Gasteiger partial charge >= 0.3 is 0 Å². The molecule has 1 aliphatic rings. The number of aliphatic hydroxyl groups excluding tert-OH is 4. The van der Waals surface area contributed by atoms with Gasteiger partial charge in [-0.1, -0.05) is 0 Å². The summed E-state index contributed by atoms with van der Waals surface area (Å²) in [4.78, 5) is 13.1. The maximum Gasteiger partial charge on any atom is 0.239 e. The fourth-order valence-electron chi connectivity index (χ4n) is 3.86. The number of fused-ring (bicyclic) bond motifs is 1. The van der Waals surface area contributed by atoms with Gasteiger partial charge in [-0.15, -0.1) is 0 Å². The second-order valence-corrected chi connectivity index (χ2v) is 7.94. The molecule has 2 aromatic carbocycles. The number of methoxy groups -OCH3 is 2. The van der Waals surface area contributed by atoms with Crippen LogP contribution < -0.4 is 19.6 Å². The summed E-state index contributed by atoms with van der Waals surface area (Å²) < 4.78 is 26.8. The van der Waals surface area contributed by atoms with E-state index < -0.39 is 65.4 Å². The van der Waals surface area contributed by atoms with Crippen LogP contribution in [0, 0.1) is 0 Å². The van der Waals surface area contributed by atoms with Crippen LogP contribution in [0.25, 0.3) is 22.3 Å². The molecule has 0 aliphatic carbocycles. The molecular formula is C23H24O13. The summed E-state index contributed by atoms with van der Waals surface area (Å²) in [6.07, 6.45) is -8.17. The summed E-state index contributed by atoms with van der Waals surface area (Å²) in [6.45, 7) is -0.714. The molecule has 0 spiro atoms. The topological polar surface area (TPSA) is 209 Å². The third-order valence-corrected chi connectivity index (χ3v) is 5.79. The lowest BCUT2D eigenvalue weighted by molar-refractivity contribution is -0.277. The van der Waals surface area contributed by atoms with Gasteiger partial charge in [-0.05, 0) is 18.2 Å². The molecule has 2 heterocycles. The van der Waals surface area contributed by atoms with Crippen molar-refractivity contribution in [2.24, 2.45) is 0 Å². The van der Waals surface area contributed by atoms with E-state index in [9.17, 15) is 40.5 Å². The van der Waals surface area contributed by atoms with Gasteiger partial charge in [-0.2, -0.15) is 0 Å². The standard InChI is InChI=1S/C23H24O13/c1-32-10-5-8(3-4-9(10)25)21-22(33-2)18(29)14-11(34-21)6-12(15(26)17(14)28)35-23-20(31)19(30)16(27)13(7-24)36-23/h3-6,13,16,19-20,23-28,30-31H,7H2,1-2H3. The molecule has 4 rings (SSSR count). The average Bonchev–Trinajstić information content (AvgIpc) is 2.87. The van der Waals surface area contributed by atoms with Crippen LogP contribution in [0.1, 0.15) is 0 Å². The van der Waals surface area contributed by atoms with Gasteiger partial charge in [0.1, 0.15) is 35.4 Å². The molecule has 1 aliphatic heterocycles. The molecule has 36 heavy (non-hydrogen) atoms. The van der Waals surface area contributed by atoms with Crippen LogP contribution in [0.15, 0.2) is 33.5 Å². The Morgan fingerprint density at radius 2 is 1.64 bits per heavy atom. The van der Waals surface area contributed by atoms with Crippen molar-refractivity contribution in [3.8, 4) is 45.8 Å². The molecule has 0 amide bonds. The fraction of sp³-hybridized carbons (Fsp3) is 0.348. The lowest BCUT2D eigenvalue weighted by Crippen LogP contribution is -2.60. The highest BCUT2D eigenvalue weighted by Gasteiger charge is 2.45. The number of rotatable bonds is 6. The molecule has 13 heteroatoms. The lowest BCUT2D eigenvalue weighted by atomic mass is 9.99. The Labute approximate surface area is 202 Å². The van der Waals surface area contributed by atoms with Gasteiger partial charge in [0.2, 0.25) is 23.2 Å². The molecule has 1 aromatic heterocycles. The quantitative estimate of drug-likeness (QED) is 0.215. The van der Waals surface area contributed by atoms with E-state index in [2.05, 4.69) is 0 Å². The monoisotopic (exact) mass is 508 g/mol. The van der Waals surface area contributed by atoms with Crippen molar-refractivity contribution in [1.82, 2.24) is 0 Å². The van der Waals surface area contributed by atoms with Crippen molar-refractivity contribution in [3.05, 3.63) is 34.5 Å². The van der Waals surface area contributed by atoms with Crippen molar-refractivity contribution < 1.29 is 59.1 Å². The van der Waals surface area contributed by atoms with E-state index in [1.54, 1.807) is 0 Å². The van der Waals surface area contributed by atoms with Crippen molar-refractivity contribution in [3.63, 3.8) is 0 Å². The molecule has 5 unspecified atom stereocenters. The lowest BCUT2D eigenvalue weighted by Gasteiger charge is -2.39. The first-order valence-electron chi connectivity index (χ1n) is 10.6. The van der Waals surface area contributed by atoms with Crippen LogP contribution in [0.5, 0.6) is 34.5 Å². The Kier molecular flexibility index (Phi) is 6.84. The molecule has 13 nitrogen and oxygen atoms in total. The van der Waals surface area contributed by atoms with Gasteiger partial charge in [0, 0.05) is 11.6 Å². The van der Waals surface area contributed by atoms with E-state index in [0.717, 1.165) is 6.07 Å². The normalized spacial score (nSPS) is 24.0. The van der Waals surface area contributed by atoms with Gasteiger partial charge in [0.25, 0.3) is 0 Å². The van der Waals surface area contributed by atoms with Crippen LogP contribution in [-0.2, 0) is 4.74 Å². The van der Waals surface area contributed by atoms with E-state index in [1.807, 2.05) is 0 Å². The Balaban J connectivity index is 1.85. The van der Waals surface area contributed by atoms with Crippen molar-refractivity contribution in [2.75, 3.05) is 20.8 Å². The number of hydrogen-bond donors (Lipinski definition) is 7. The summed E-state index contributed by atoms with van der Waals surface area (Å²) >= 11 is 0. The van der Waals surface area contributed by atoms with Crippen LogP contribution in [-0.4, -0.2) is 87.3 Å². The van der Waals surface area contributed by atoms with Crippen molar-refractivity contribution in [1.29, 1.82) is 0 Å². The van der Waals surface area contributed by atoms with Crippen LogP contribution in [0.4, 0.5) is 0 Å². The third kappa shape index (κ3) is 4.12. The molecule has 1 saturated heterocycles. The predicted octanol–water partition coefficient (Wildman–Crippen LogP) is -0.227. The highest BCUT2D eigenvalue weighted by Crippen LogP contribution is 2.44. The number of hydrogen-bond acceptors (Lipinski definition) is 13. The van der Waals surface area contributed by atoms with Gasteiger partial charge in [-0.3, -0.25) is 4.79 Å². The summed E-state index contributed by atoms with van der Waals surface area (Å²) in [6, 6.07) is 5.15. The Hall–Kier alpha value is -3.75.